The van der Waals surface area contributed by atoms with Gasteiger partial charge in [0.25, 0.3) is 0 Å². The highest BCUT2D eigenvalue weighted by atomic mass is 19.3. The van der Waals surface area contributed by atoms with Crippen LogP contribution in [0.3, 0.4) is 0 Å². The average Bonchev–Trinajstić information content (AvgIpc) is 2.65. The topological polar surface area (TPSA) is 58.1 Å². The third-order valence-corrected chi connectivity index (χ3v) is 4.59. The Balaban J connectivity index is 2.44. The summed E-state index contributed by atoms with van der Waals surface area (Å²) in [6.45, 7) is 8.43. The van der Waals surface area contributed by atoms with Gasteiger partial charge in [-0.05, 0) is 58.2 Å². The molecule has 0 aliphatic heterocycles. The van der Waals surface area contributed by atoms with Gasteiger partial charge in [0.15, 0.2) is 17.5 Å². The third-order valence-electron chi connectivity index (χ3n) is 4.59. The molecule has 0 heterocycles. The Hall–Kier alpha value is -2.09. The Morgan fingerprint density at radius 1 is 1.07 bits per heavy atom. The van der Waals surface area contributed by atoms with Crippen LogP contribution in [0.15, 0.2) is 23.2 Å². The lowest BCUT2D eigenvalue weighted by atomic mass is 10.1. The third kappa shape index (κ3) is 9.30. The fourth-order valence-corrected chi connectivity index (χ4v) is 3.19. The zero-order valence-corrected chi connectivity index (χ0v) is 18.5. The maximum atomic E-state index is 12.5. The van der Waals surface area contributed by atoms with Gasteiger partial charge in [0.1, 0.15) is 0 Å². The molecule has 0 aromatic heterocycles. The van der Waals surface area contributed by atoms with Crippen LogP contribution in [0.2, 0.25) is 0 Å². The largest absolute Gasteiger partial charge is 0.493 e. The van der Waals surface area contributed by atoms with Crippen molar-refractivity contribution in [1.82, 2.24) is 15.5 Å². The molecule has 0 saturated carbocycles. The highest BCUT2D eigenvalue weighted by Crippen LogP contribution is 2.29. The lowest BCUT2D eigenvalue weighted by molar-refractivity contribution is -0.0512. The molecule has 0 fully saturated rings. The van der Waals surface area contributed by atoms with Crippen molar-refractivity contribution in [3.8, 4) is 11.5 Å². The van der Waals surface area contributed by atoms with Gasteiger partial charge in [0.2, 0.25) is 0 Å². The second kappa shape index (κ2) is 13.2. The van der Waals surface area contributed by atoms with Crippen LogP contribution in [0, 0.1) is 0 Å². The minimum atomic E-state index is -2.89. The van der Waals surface area contributed by atoms with Gasteiger partial charge >= 0.3 is 6.61 Å². The SMILES string of the molecule is CN=C(NCCCN(C(C)C)C(C)C)NCCc1ccc(OC)c(OC(F)F)c1. The molecule has 2 N–H and O–H groups in total. The second-order valence-corrected chi connectivity index (χ2v) is 7.32. The first-order valence-electron chi connectivity index (χ1n) is 10.1. The summed E-state index contributed by atoms with van der Waals surface area (Å²) in [5.74, 6) is 1.06. The molecule has 0 saturated heterocycles. The van der Waals surface area contributed by atoms with Crippen LogP contribution >= 0.6 is 0 Å². The maximum Gasteiger partial charge on any atom is 0.387 e. The fourth-order valence-electron chi connectivity index (χ4n) is 3.19. The lowest BCUT2D eigenvalue weighted by Crippen LogP contribution is -2.41. The van der Waals surface area contributed by atoms with Crippen molar-refractivity contribution in [3.05, 3.63) is 23.8 Å². The van der Waals surface area contributed by atoms with E-state index >= 15 is 0 Å². The van der Waals surface area contributed by atoms with Crippen LogP contribution in [0.5, 0.6) is 11.5 Å². The molecule has 0 atom stereocenters. The normalized spacial score (nSPS) is 12.2. The Morgan fingerprint density at radius 3 is 2.28 bits per heavy atom. The predicted molar refractivity (Wildman–Crippen MR) is 114 cm³/mol. The van der Waals surface area contributed by atoms with E-state index in [0.717, 1.165) is 31.0 Å². The van der Waals surface area contributed by atoms with Crippen LogP contribution in [0.25, 0.3) is 0 Å². The molecule has 1 rings (SSSR count). The molecule has 1 aromatic carbocycles. The molecule has 6 nitrogen and oxygen atoms in total. The molecule has 166 valence electrons. The molecule has 29 heavy (non-hydrogen) atoms. The van der Waals surface area contributed by atoms with Gasteiger partial charge in [0, 0.05) is 38.8 Å². The Labute approximate surface area is 173 Å². The van der Waals surface area contributed by atoms with Crippen molar-refractivity contribution in [2.45, 2.75) is 59.2 Å². The first-order valence-corrected chi connectivity index (χ1v) is 10.1. The van der Waals surface area contributed by atoms with Crippen molar-refractivity contribution in [1.29, 1.82) is 0 Å². The van der Waals surface area contributed by atoms with E-state index in [1.165, 1.54) is 7.11 Å². The van der Waals surface area contributed by atoms with Gasteiger partial charge in [-0.15, -0.1) is 0 Å². The maximum absolute atomic E-state index is 12.5. The average molecular weight is 415 g/mol. The van der Waals surface area contributed by atoms with E-state index in [9.17, 15) is 8.78 Å². The molecular weight excluding hydrogens is 378 g/mol. The van der Waals surface area contributed by atoms with Gasteiger partial charge in [0.05, 0.1) is 7.11 Å². The number of rotatable bonds is 12. The number of alkyl halides is 2. The van der Waals surface area contributed by atoms with Gasteiger partial charge in [-0.3, -0.25) is 9.89 Å². The van der Waals surface area contributed by atoms with Crippen molar-refractivity contribution >= 4 is 5.96 Å². The van der Waals surface area contributed by atoms with Gasteiger partial charge in [-0.1, -0.05) is 6.07 Å². The summed E-state index contributed by atoms with van der Waals surface area (Å²) >= 11 is 0. The smallest absolute Gasteiger partial charge is 0.387 e. The summed E-state index contributed by atoms with van der Waals surface area (Å²) in [4.78, 5) is 6.69. The van der Waals surface area contributed by atoms with Crippen molar-refractivity contribution in [3.63, 3.8) is 0 Å². The molecule has 8 heteroatoms. The van der Waals surface area contributed by atoms with Gasteiger partial charge in [-0.2, -0.15) is 8.78 Å². The van der Waals surface area contributed by atoms with E-state index < -0.39 is 6.61 Å². The van der Waals surface area contributed by atoms with Crippen molar-refractivity contribution < 1.29 is 18.3 Å². The Bertz CT molecular complexity index is 617. The Morgan fingerprint density at radius 2 is 1.72 bits per heavy atom. The number of ether oxygens (including phenoxy) is 2. The molecule has 0 aliphatic rings. The first kappa shape index (κ1) is 24.9. The van der Waals surface area contributed by atoms with Crippen LogP contribution in [0.4, 0.5) is 8.78 Å². The molecule has 0 unspecified atom stereocenters. The van der Waals surface area contributed by atoms with E-state index in [4.69, 9.17) is 4.74 Å². The van der Waals surface area contributed by atoms with Crippen LogP contribution in [0.1, 0.15) is 39.7 Å². The zero-order valence-electron chi connectivity index (χ0n) is 18.5. The molecule has 0 spiro atoms. The minimum absolute atomic E-state index is 0.0439. The van der Waals surface area contributed by atoms with E-state index in [1.807, 2.05) is 6.07 Å². The standard InChI is InChI=1S/C21H36F2N4O2/c1-15(2)27(16(3)4)13-7-11-25-21(24-5)26-12-10-17-8-9-18(28-6)19(14-17)29-20(22)23/h8-9,14-16,20H,7,10-13H2,1-6H3,(H2,24,25,26). The highest BCUT2D eigenvalue weighted by molar-refractivity contribution is 5.79. The first-order chi connectivity index (χ1) is 13.8. The number of hydrogen-bond donors (Lipinski definition) is 2. The summed E-state index contributed by atoms with van der Waals surface area (Å²) in [7, 11) is 3.15. The van der Waals surface area contributed by atoms with Crippen LogP contribution < -0.4 is 20.1 Å². The number of guanidine groups is 1. The predicted octanol–water partition coefficient (Wildman–Crippen LogP) is 3.51. The molecule has 0 aliphatic carbocycles. The van der Waals surface area contributed by atoms with Gasteiger partial charge < -0.3 is 20.1 Å². The summed E-state index contributed by atoms with van der Waals surface area (Å²) in [5.41, 5.74) is 0.869. The number of benzene rings is 1. The molecular formula is C21H36F2N4O2. The molecule has 0 bridgehead atoms. The summed E-state index contributed by atoms with van der Waals surface area (Å²) in [6.07, 6.45) is 1.66. The molecule has 1 aromatic rings. The number of halogens is 2. The second-order valence-electron chi connectivity index (χ2n) is 7.32. The summed E-state index contributed by atoms with van der Waals surface area (Å²) in [6, 6.07) is 6.10. The van der Waals surface area contributed by atoms with Crippen molar-refractivity contribution in [2.24, 2.45) is 4.99 Å². The summed E-state index contributed by atoms with van der Waals surface area (Å²) in [5, 5.41) is 6.56. The Kier molecular flexibility index (Phi) is 11.3. The number of aliphatic imine (C=N–C) groups is 1. The van der Waals surface area contributed by atoms with Crippen LogP contribution in [-0.2, 0) is 6.42 Å². The lowest BCUT2D eigenvalue weighted by Gasteiger charge is -2.30. The summed E-state index contributed by atoms with van der Waals surface area (Å²) < 4.78 is 34.7. The van der Waals surface area contributed by atoms with Crippen LogP contribution in [-0.4, -0.2) is 63.3 Å². The minimum Gasteiger partial charge on any atom is -0.493 e. The molecule has 0 amide bonds. The van der Waals surface area contributed by atoms with E-state index in [0.29, 0.717) is 25.0 Å². The number of nitrogens with zero attached hydrogens (tertiary/aromatic N) is 2. The van der Waals surface area contributed by atoms with E-state index in [2.05, 4.69) is 53.0 Å². The molecule has 0 radical (unpaired) electrons. The van der Waals surface area contributed by atoms with E-state index in [1.54, 1.807) is 19.2 Å². The number of methoxy groups -OCH3 is 1. The number of hydrogen-bond acceptors (Lipinski definition) is 4. The number of nitrogens with one attached hydrogen (secondary N) is 2. The quantitative estimate of drug-likeness (QED) is 0.311. The van der Waals surface area contributed by atoms with Gasteiger partial charge in [-0.25, -0.2) is 0 Å². The monoisotopic (exact) mass is 414 g/mol. The fraction of sp³-hybridized carbons (Fsp3) is 0.667. The highest BCUT2D eigenvalue weighted by Gasteiger charge is 2.13. The van der Waals surface area contributed by atoms with E-state index in [-0.39, 0.29) is 11.5 Å². The zero-order chi connectivity index (χ0) is 21.8. The van der Waals surface area contributed by atoms with Crippen molar-refractivity contribution in [2.75, 3.05) is 33.8 Å².